The van der Waals surface area contributed by atoms with Crippen molar-refractivity contribution in [3.63, 3.8) is 0 Å². The molecule has 0 heterocycles. The van der Waals surface area contributed by atoms with E-state index in [1.165, 1.54) is 25.3 Å². The maximum Gasteiger partial charge on any atom is 0.416 e. The Bertz CT molecular complexity index is 821. The van der Waals surface area contributed by atoms with E-state index in [0.717, 1.165) is 17.7 Å². The van der Waals surface area contributed by atoms with Gasteiger partial charge in [-0.2, -0.15) is 13.2 Å². The molecule has 1 unspecified atom stereocenters. The van der Waals surface area contributed by atoms with E-state index in [0.29, 0.717) is 12.8 Å². The third-order valence-corrected chi connectivity index (χ3v) is 4.17. The number of nitro groups is 1. The number of nitro benzene ring substituents is 1. The predicted octanol–water partition coefficient (Wildman–Crippen LogP) is 5.71. The first kappa shape index (κ1) is 20.5. The summed E-state index contributed by atoms with van der Waals surface area (Å²) in [5.74, 6) is 0.228. The first-order valence-electron chi connectivity index (χ1n) is 8.40. The van der Waals surface area contributed by atoms with Gasteiger partial charge in [-0.1, -0.05) is 19.9 Å². The highest BCUT2D eigenvalue weighted by Gasteiger charge is 2.32. The smallest absolute Gasteiger partial charge is 0.416 e. The van der Waals surface area contributed by atoms with E-state index in [1.807, 2.05) is 6.92 Å². The monoisotopic (exact) mass is 383 g/mol. The van der Waals surface area contributed by atoms with E-state index in [-0.39, 0.29) is 22.7 Å². The van der Waals surface area contributed by atoms with E-state index >= 15 is 0 Å². The van der Waals surface area contributed by atoms with E-state index in [9.17, 15) is 23.3 Å². The summed E-state index contributed by atoms with van der Waals surface area (Å²) in [6.07, 6.45) is -4.45. The van der Waals surface area contributed by atoms with Crippen LogP contribution in [0.3, 0.4) is 0 Å². The zero-order valence-corrected chi connectivity index (χ0v) is 15.2. The molecule has 27 heavy (non-hydrogen) atoms. The molecule has 2 rings (SSSR count). The number of ether oxygens (including phenoxy) is 2. The molecule has 1 atom stereocenters. The Kier molecular flexibility index (Phi) is 6.30. The second kappa shape index (κ2) is 8.28. The minimum atomic E-state index is -4.52. The van der Waals surface area contributed by atoms with Gasteiger partial charge in [0.15, 0.2) is 5.75 Å². The lowest BCUT2D eigenvalue weighted by Crippen LogP contribution is -2.12. The topological polar surface area (TPSA) is 61.6 Å². The average molecular weight is 383 g/mol. The fourth-order valence-corrected chi connectivity index (χ4v) is 2.71. The van der Waals surface area contributed by atoms with Crippen LogP contribution in [0.25, 0.3) is 0 Å². The Hall–Kier alpha value is -2.77. The number of aryl methyl sites for hydroxylation is 1. The van der Waals surface area contributed by atoms with Crippen LogP contribution >= 0.6 is 0 Å². The van der Waals surface area contributed by atoms with E-state index in [2.05, 4.69) is 0 Å². The van der Waals surface area contributed by atoms with Crippen molar-refractivity contribution >= 4 is 5.69 Å². The van der Waals surface area contributed by atoms with Crippen LogP contribution in [0.2, 0.25) is 0 Å². The van der Waals surface area contributed by atoms with Crippen LogP contribution in [0.1, 0.15) is 43.1 Å². The molecule has 8 heteroatoms. The van der Waals surface area contributed by atoms with Crippen molar-refractivity contribution in [2.24, 2.45) is 0 Å². The number of methoxy groups -OCH3 is 1. The summed E-state index contributed by atoms with van der Waals surface area (Å²) in [6.45, 7) is 3.58. The molecular formula is C19H20F3NO4. The lowest BCUT2D eigenvalue weighted by molar-refractivity contribution is -0.386. The summed E-state index contributed by atoms with van der Waals surface area (Å²) in [5.41, 5.74) is -0.114. The summed E-state index contributed by atoms with van der Waals surface area (Å²) in [7, 11) is 1.34. The van der Waals surface area contributed by atoms with Crippen LogP contribution in [0.5, 0.6) is 11.5 Å². The predicted molar refractivity (Wildman–Crippen MR) is 94.1 cm³/mol. The fraction of sp³-hybridized carbons (Fsp3) is 0.368. The van der Waals surface area contributed by atoms with Crippen molar-refractivity contribution in [1.29, 1.82) is 0 Å². The Balaban J connectivity index is 2.48. The van der Waals surface area contributed by atoms with Crippen molar-refractivity contribution in [2.45, 2.75) is 39.0 Å². The molecular weight excluding hydrogens is 363 g/mol. The Morgan fingerprint density at radius 2 is 1.78 bits per heavy atom. The molecule has 0 spiro atoms. The summed E-state index contributed by atoms with van der Waals surface area (Å²) >= 11 is 0. The zero-order chi connectivity index (χ0) is 20.2. The second-order valence-corrected chi connectivity index (χ2v) is 5.88. The van der Waals surface area contributed by atoms with Crippen LogP contribution < -0.4 is 9.47 Å². The van der Waals surface area contributed by atoms with E-state index in [4.69, 9.17) is 9.47 Å². The molecule has 2 aromatic carbocycles. The van der Waals surface area contributed by atoms with Gasteiger partial charge >= 0.3 is 11.9 Å². The lowest BCUT2D eigenvalue weighted by atomic mass is 10.0. The zero-order valence-electron chi connectivity index (χ0n) is 15.2. The van der Waals surface area contributed by atoms with Crippen LogP contribution in [0.15, 0.2) is 36.4 Å². The third-order valence-electron chi connectivity index (χ3n) is 4.17. The van der Waals surface area contributed by atoms with Crippen molar-refractivity contribution in [2.75, 3.05) is 7.11 Å². The van der Waals surface area contributed by atoms with Crippen molar-refractivity contribution in [3.05, 3.63) is 63.2 Å². The van der Waals surface area contributed by atoms with Gasteiger partial charge in [-0.15, -0.1) is 0 Å². The Labute approximate surface area is 154 Å². The van der Waals surface area contributed by atoms with Gasteiger partial charge in [0.05, 0.1) is 17.6 Å². The number of alkyl halides is 3. The number of hydrogen-bond acceptors (Lipinski definition) is 4. The van der Waals surface area contributed by atoms with Crippen molar-refractivity contribution in [3.8, 4) is 11.5 Å². The molecule has 146 valence electrons. The molecule has 0 radical (unpaired) electrons. The summed E-state index contributed by atoms with van der Waals surface area (Å²) in [4.78, 5) is 10.8. The number of nitrogens with zero attached hydrogens (tertiary/aromatic N) is 1. The minimum Gasteiger partial charge on any atom is -0.496 e. The van der Waals surface area contributed by atoms with Crippen LogP contribution in [-0.2, 0) is 12.6 Å². The molecule has 5 nitrogen and oxygen atoms in total. The molecule has 0 bridgehead atoms. The SMILES string of the molecule is CCc1ccc(OC(CC)c2cc(C(F)(F)F)ccc2OC)c([N+](=O)[O-])c1. The highest BCUT2D eigenvalue weighted by Crippen LogP contribution is 2.39. The third kappa shape index (κ3) is 4.69. The van der Waals surface area contributed by atoms with Crippen molar-refractivity contribution in [1.82, 2.24) is 0 Å². The average Bonchev–Trinajstić information content (AvgIpc) is 2.64. The molecule has 0 aliphatic rings. The maximum atomic E-state index is 13.1. The highest BCUT2D eigenvalue weighted by molar-refractivity contribution is 5.49. The Morgan fingerprint density at radius 1 is 1.11 bits per heavy atom. The summed E-state index contributed by atoms with van der Waals surface area (Å²) < 4.78 is 50.2. The molecule has 0 amide bonds. The molecule has 0 aliphatic carbocycles. The van der Waals surface area contributed by atoms with Gasteiger partial charge in [-0.25, -0.2) is 0 Å². The van der Waals surface area contributed by atoms with Gasteiger partial charge in [0.1, 0.15) is 11.9 Å². The Morgan fingerprint density at radius 3 is 2.30 bits per heavy atom. The summed E-state index contributed by atoms with van der Waals surface area (Å²) in [6, 6.07) is 7.68. The number of benzene rings is 2. The lowest BCUT2D eigenvalue weighted by Gasteiger charge is -2.21. The van der Waals surface area contributed by atoms with Crippen LogP contribution in [0, 0.1) is 10.1 Å². The molecule has 0 aliphatic heterocycles. The van der Waals surface area contributed by atoms with E-state index in [1.54, 1.807) is 13.0 Å². The normalized spacial score (nSPS) is 12.5. The molecule has 0 saturated carbocycles. The number of rotatable bonds is 7. The van der Waals surface area contributed by atoms with Gasteiger partial charge in [-0.05, 0) is 42.7 Å². The molecule has 0 fully saturated rings. The minimum absolute atomic E-state index is 0.00325. The number of halogens is 3. The van der Waals surface area contributed by atoms with Crippen LogP contribution in [-0.4, -0.2) is 12.0 Å². The number of hydrogen-bond donors (Lipinski definition) is 0. The largest absolute Gasteiger partial charge is 0.496 e. The van der Waals surface area contributed by atoms with Crippen LogP contribution in [0.4, 0.5) is 18.9 Å². The molecule has 0 N–H and O–H groups in total. The molecule has 0 aromatic heterocycles. The van der Waals surface area contributed by atoms with Gasteiger partial charge in [0.2, 0.25) is 0 Å². The molecule has 2 aromatic rings. The standard InChI is InChI=1S/C19H20F3NO4/c1-4-12-6-8-18(15(10-12)23(24)25)27-16(5-2)14-11-13(19(20,21)22)7-9-17(14)26-3/h6-11,16H,4-5H2,1-3H3. The summed E-state index contributed by atoms with van der Waals surface area (Å²) in [5, 5.41) is 11.4. The maximum absolute atomic E-state index is 13.1. The van der Waals surface area contributed by atoms with Gasteiger partial charge in [0, 0.05) is 11.6 Å². The van der Waals surface area contributed by atoms with Crippen molar-refractivity contribution < 1.29 is 27.6 Å². The van der Waals surface area contributed by atoms with Gasteiger partial charge < -0.3 is 9.47 Å². The first-order chi connectivity index (χ1) is 12.7. The molecule has 0 saturated heterocycles. The fourth-order valence-electron chi connectivity index (χ4n) is 2.71. The second-order valence-electron chi connectivity index (χ2n) is 5.88. The van der Waals surface area contributed by atoms with Gasteiger partial charge in [-0.3, -0.25) is 10.1 Å². The quantitative estimate of drug-likeness (QED) is 0.453. The van der Waals surface area contributed by atoms with Gasteiger partial charge in [0.25, 0.3) is 0 Å². The first-order valence-corrected chi connectivity index (χ1v) is 8.40. The highest BCUT2D eigenvalue weighted by atomic mass is 19.4. The van der Waals surface area contributed by atoms with E-state index < -0.39 is 22.8 Å².